The second-order valence-electron chi connectivity index (χ2n) is 1.68. The molecule has 0 aromatic heterocycles. The van der Waals surface area contributed by atoms with E-state index in [0.29, 0.717) is 0 Å². The predicted octanol–water partition coefficient (Wildman–Crippen LogP) is -0.312. The maximum absolute atomic E-state index is 5.08. The second-order valence-corrected chi connectivity index (χ2v) is 1.68. The third-order valence-corrected chi connectivity index (χ3v) is 1.15. The Kier molecular flexibility index (Phi) is 1.71. The van der Waals surface area contributed by atoms with Crippen molar-refractivity contribution in [2.75, 3.05) is 6.61 Å². The molecular weight excluding hydrogens is 90.9 g/mol. The van der Waals surface area contributed by atoms with E-state index in [1.807, 2.05) is 0 Å². The molecule has 0 saturated carbocycles. The zero-order chi connectivity index (χ0) is 5.11. The van der Waals surface area contributed by atoms with Crippen LogP contribution in [-0.4, -0.2) is 20.9 Å². The van der Waals surface area contributed by atoms with Crippen LogP contribution in [-0.2, 0) is 9.39 Å². The van der Waals surface area contributed by atoms with Crippen LogP contribution in [0.1, 0.15) is 12.8 Å². The van der Waals surface area contributed by atoms with Crippen molar-refractivity contribution in [3.8, 4) is 0 Å². The van der Waals surface area contributed by atoms with Crippen LogP contribution in [0.3, 0.4) is 0 Å². The molecule has 0 aromatic carbocycles. The number of hydrogen-bond donors (Lipinski definition) is 0. The lowest BCUT2D eigenvalue weighted by Gasteiger charge is -2.04. The van der Waals surface area contributed by atoms with Gasteiger partial charge in [0, 0.05) is 6.61 Å². The number of rotatable bonds is 1. The van der Waals surface area contributed by atoms with Gasteiger partial charge in [0.2, 0.25) is 0 Å². The minimum Gasteiger partial charge on any atom is -0.421 e. The van der Waals surface area contributed by atoms with Gasteiger partial charge >= 0.3 is 0 Å². The lowest BCUT2D eigenvalue weighted by molar-refractivity contribution is -0.0342. The molecule has 1 heterocycles. The maximum Gasteiger partial charge on any atom is 0.260 e. The highest BCUT2D eigenvalue weighted by Crippen LogP contribution is 2.10. The van der Waals surface area contributed by atoms with Crippen molar-refractivity contribution in [2.45, 2.75) is 19.1 Å². The monoisotopic (exact) mass is 100 g/mol. The summed E-state index contributed by atoms with van der Waals surface area (Å²) in [6.07, 6.45) is 2.31. The first-order valence-corrected chi connectivity index (χ1v) is 2.58. The van der Waals surface area contributed by atoms with E-state index in [-0.39, 0.29) is 6.29 Å². The Morgan fingerprint density at radius 1 is 1.71 bits per heavy atom. The van der Waals surface area contributed by atoms with E-state index in [0.717, 1.165) is 19.4 Å². The summed E-state index contributed by atoms with van der Waals surface area (Å²) in [5.41, 5.74) is 0. The molecule has 0 spiro atoms. The van der Waals surface area contributed by atoms with Gasteiger partial charge in [-0.25, -0.2) is 0 Å². The first-order valence-electron chi connectivity index (χ1n) is 2.58. The Morgan fingerprint density at radius 2 is 2.57 bits per heavy atom. The van der Waals surface area contributed by atoms with Crippen LogP contribution in [0.15, 0.2) is 0 Å². The Balaban J connectivity index is 2.14. The first kappa shape index (κ1) is 5.13. The molecule has 1 fully saturated rings. The number of ether oxygens (including phenoxy) is 1. The Labute approximate surface area is 44.2 Å². The fourth-order valence-corrected chi connectivity index (χ4v) is 0.734. The third kappa shape index (κ3) is 1.18. The van der Waals surface area contributed by atoms with Crippen molar-refractivity contribution < 1.29 is 9.39 Å². The highest BCUT2D eigenvalue weighted by Gasteiger charge is 2.11. The van der Waals surface area contributed by atoms with Crippen molar-refractivity contribution in [3.05, 3.63) is 0 Å². The lowest BCUT2D eigenvalue weighted by atomic mass is 10.3. The molecule has 40 valence electrons. The van der Waals surface area contributed by atoms with Gasteiger partial charge in [0.05, 0.1) is 0 Å². The van der Waals surface area contributed by atoms with E-state index >= 15 is 0 Å². The van der Waals surface area contributed by atoms with Gasteiger partial charge in [0.1, 0.15) is 6.29 Å². The molecule has 0 radical (unpaired) electrons. The van der Waals surface area contributed by atoms with Crippen LogP contribution in [0.2, 0.25) is 0 Å². The van der Waals surface area contributed by atoms with Gasteiger partial charge in [0.25, 0.3) is 8.05 Å². The van der Waals surface area contributed by atoms with Crippen LogP contribution in [0.5, 0.6) is 0 Å². The highest BCUT2D eigenvalue weighted by molar-refractivity contribution is 5.98. The molecule has 0 aliphatic carbocycles. The molecule has 0 bridgehead atoms. The zero-order valence-electron chi connectivity index (χ0n) is 4.52. The molecule has 0 N–H and O–H groups in total. The molecule has 1 rings (SSSR count). The molecule has 1 unspecified atom stereocenters. The van der Waals surface area contributed by atoms with E-state index in [1.54, 1.807) is 8.05 Å². The fourth-order valence-electron chi connectivity index (χ4n) is 0.734. The smallest absolute Gasteiger partial charge is 0.260 e. The summed E-state index contributed by atoms with van der Waals surface area (Å²) in [7, 11) is 1.68. The summed E-state index contributed by atoms with van der Waals surface area (Å²) in [6.45, 7) is 0.874. The maximum atomic E-state index is 5.08. The molecule has 1 atom stereocenters. The summed E-state index contributed by atoms with van der Waals surface area (Å²) < 4.78 is 9.97. The summed E-state index contributed by atoms with van der Waals surface area (Å²) in [5, 5.41) is 0. The van der Waals surface area contributed by atoms with Crippen molar-refractivity contribution in [3.63, 3.8) is 0 Å². The molecule has 0 amide bonds. The van der Waals surface area contributed by atoms with Crippen LogP contribution >= 0.6 is 0 Å². The molecule has 1 aliphatic heterocycles. The Bertz CT molecular complexity index is 51.7. The van der Waals surface area contributed by atoms with Gasteiger partial charge < -0.3 is 9.39 Å². The minimum atomic E-state index is 0.0972. The predicted molar refractivity (Wildman–Crippen MR) is 28.6 cm³/mol. The van der Waals surface area contributed by atoms with E-state index in [9.17, 15) is 0 Å². The van der Waals surface area contributed by atoms with E-state index < -0.39 is 0 Å². The molecule has 2 nitrogen and oxygen atoms in total. The SMILES string of the molecule is BOC1CCCO1. The summed E-state index contributed by atoms with van der Waals surface area (Å²) in [5.74, 6) is 0. The van der Waals surface area contributed by atoms with Crippen LogP contribution in [0, 0.1) is 0 Å². The summed E-state index contributed by atoms with van der Waals surface area (Å²) >= 11 is 0. The van der Waals surface area contributed by atoms with Gasteiger partial charge in [-0.3, -0.25) is 0 Å². The quantitative estimate of drug-likeness (QED) is 0.420. The largest absolute Gasteiger partial charge is 0.421 e. The van der Waals surface area contributed by atoms with Crippen LogP contribution in [0.4, 0.5) is 0 Å². The number of hydrogen-bond acceptors (Lipinski definition) is 2. The molecule has 3 heteroatoms. The minimum absolute atomic E-state index is 0.0972. The van der Waals surface area contributed by atoms with Gasteiger partial charge in [-0.1, -0.05) is 0 Å². The third-order valence-electron chi connectivity index (χ3n) is 1.15. The first-order chi connectivity index (χ1) is 3.43. The highest BCUT2D eigenvalue weighted by atomic mass is 16.7. The standard InChI is InChI=1S/C4H9BO2/c5-7-4-2-1-3-6-4/h4H,1-3,5H2. The second kappa shape index (κ2) is 2.33. The Morgan fingerprint density at radius 3 is 2.86 bits per heavy atom. The van der Waals surface area contributed by atoms with Crippen molar-refractivity contribution in [1.29, 1.82) is 0 Å². The van der Waals surface area contributed by atoms with Gasteiger partial charge in [-0.15, -0.1) is 0 Å². The van der Waals surface area contributed by atoms with Gasteiger partial charge in [0.15, 0.2) is 0 Å². The average molecular weight is 99.9 g/mol. The van der Waals surface area contributed by atoms with Crippen LogP contribution in [0.25, 0.3) is 0 Å². The topological polar surface area (TPSA) is 18.5 Å². The van der Waals surface area contributed by atoms with E-state index in [2.05, 4.69) is 0 Å². The van der Waals surface area contributed by atoms with Gasteiger partial charge in [-0.2, -0.15) is 0 Å². The molecule has 1 aliphatic rings. The normalized spacial score (nSPS) is 31.1. The van der Waals surface area contributed by atoms with E-state index in [1.165, 1.54) is 0 Å². The van der Waals surface area contributed by atoms with Crippen molar-refractivity contribution in [2.24, 2.45) is 0 Å². The zero-order valence-corrected chi connectivity index (χ0v) is 4.52. The van der Waals surface area contributed by atoms with Gasteiger partial charge in [-0.05, 0) is 12.8 Å². The summed E-state index contributed by atoms with van der Waals surface area (Å²) in [4.78, 5) is 0. The lowest BCUT2D eigenvalue weighted by Crippen LogP contribution is -2.06. The van der Waals surface area contributed by atoms with Crippen LogP contribution < -0.4 is 0 Å². The molecule has 7 heavy (non-hydrogen) atoms. The van der Waals surface area contributed by atoms with E-state index in [4.69, 9.17) is 9.39 Å². The fraction of sp³-hybridized carbons (Fsp3) is 1.00. The molecule has 0 aromatic rings. The average Bonchev–Trinajstić information content (AvgIpc) is 2.14. The van der Waals surface area contributed by atoms with Crippen molar-refractivity contribution >= 4 is 8.05 Å². The van der Waals surface area contributed by atoms with Crippen molar-refractivity contribution in [1.82, 2.24) is 0 Å². The molecular formula is C4H9BO2. The Hall–Kier alpha value is -0.0151. The summed E-state index contributed by atoms with van der Waals surface area (Å²) in [6, 6.07) is 0. The molecule has 1 saturated heterocycles.